The highest BCUT2D eigenvalue weighted by molar-refractivity contribution is 5.78. The Hall–Kier alpha value is -1.65. The third kappa shape index (κ3) is 2.54. The maximum atomic E-state index is 11.9. The molecule has 0 saturated carbocycles. The summed E-state index contributed by atoms with van der Waals surface area (Å²) in [5.74, 6) is 0.873. The van der Waals surface area contributed by atoms with Crippen molar-refractivity contribution in [3.63, 3.8) is 0 Å². The number of hydrogen-bond acceptors (Lipinski definition) is 4. The van der Waals surface area contributed by atoms with Gasteiger partial charge in [0, 0.05) is 31.1 Å². The molecule has 1 fully saturated rings. The van der Waals surface area contributed by atoms with Crippen LogP contribution < -0.4 is 5.73 Å². The Labute approximate surface area is 101 Å². The third-order valence-corrected chi connectivity index (χ3v) is 3.11. The van der Waals surface area contributed by atoms with Crippen molar-refractivity contribution in [1.82, 2.24) is 14.9 Å². The molecule has 2 N–H and O–H groups in total. The van der Waals surface area contributed by atoms with E-state index in [0.29, 0.717) is 11.9 Å². The fraction of sp³-hybridized carbons (Fsp3) is 0.583. The van der Waals surface area contributed by atoms with E-state index in [1.54, 1.807) is 6.20 Å². The number of carbonyl (C=O) groups is 1. The van der Waals surface area contributed by atoms with Gasteiger partial charge in [0.1, 0.15) is 0 Å². The molecule has 1 unspecified atom stereocenters. The molecule has 0 aliphatic carbocycles. The summed E-state index contributed by atoms with van der Waals surface area (Å²) in [7, 11) is 0. The Balaban J connectivity index is 2.05. The topological polar surface area (TPSA) is 72.1 Å². The van der Waals surface area contributed by atoms with Crippen LogP contribution in [0.4, 0.5) is 5.95 Å². The third-order valence-electron chi connectivity index (χ3n) is 3.11. The molecule has 0 radical (unpaired) electrons. The minimum atomic E-state index is 0.0595. The molecule has 1 aliphatic heterocycles. The second kappa shape index (κ2) is 4.69. The molecule has 1 aromatic heterocycles. The summed E-state index contributed by atoms with van der Waals surface area (Å²) in [5.41, 5.74) is 6.51. The van der Waals surface area contributed by atoms with Crippen molar-refractivity contribution in [2.45, 2.75) is 26.2 Å². The second-order valence-corrected chi connectivity index (χ2v) is 4.76. The van der Waals surface area contributed by atoms with Crippen molar-refractivity contribution in [2.75, 3.05) is 18.8 Å². The summed E-state index contributed by atoms with van der Waals surface area (Å²) >= 11 is 0. The highest BCUT2D eigenvalue weighted by atomic mass is 16.2. The summed E-state index contributed by atoms with van der Waals surface area (Å²) in [4.78, 5) is 21.9. The van der Waals surface area contributed by atoms with Crippen LogP contribution in [0.5, 0.6) is 0 Å². The molecule has 0 spiro atoms. The van der Waals surface area contributed by atoms with Crippen molar-refractivity contribution >= 4 is 11.9 Å². The first-order chi connectivity index (χ1) is 8.08. The van der Waals surface area contributed by atoms with Crippen molar-refractivity contribution in [3.05, 3.63) is 18.0 Å². The van der Waals surface area contributed by atoms with E-state index < -0.39 is 0 Å². The van der Waals surface area contributed by atoms with Gasteiger partial charge in [-0.25, -0.2) is 9.97 Å². The van der Waals surface area contributed by atoms with Crippen molar-refractivity contribution < 1.29 is 4.79 Å². The van der Waals surface area contributed by atoms with E-state index in [-0.39, 0.29) is 11.8 Å². The molecule has 1 aliphatic rings. The van der Waals surface area contributed by atoms with Gasteiger partial charge in [-0.15, -0.1) is 0 Å². The summed E-state index contributed by atoms with van der Waals surface area (Å²) in [6.07, 6.45) is 2.62. The van der Waals surface area contributed by atoms with Gasteiger partial charge in [0.2, 0.25) is 11.9 Å². The van der Waals surface area contributed by atoms with Gasteiger partial charge in [-0.05, 0) is 12.5 Å². The monoisotopic (exact) mass is 234 g/mol. The minimum Gasteiger partial charge on any atom is -0.368 e. The van der Waals surface area contributed by atoms with E-state index in [4.69, 9.17) is 5.73 Å². The number of nitrogen functional groups attached to an aromatic ring is 1. The fourth-order valence-corrected chi connectivity index (χ4v) is 2.18. The number of carbonyl (C=O) groups excluding carboxylic acids is 1. The Kier molecular flexibility index (Phi) is 3.26. The molecule has 1 aromatic rings. The Bertz CT molecular complexity index is 419. The van der Waals surface area contributed by atoms with Crippen LogP contribution in [0.25, 0.3) is 0 Å². The normalized spacial score (nSPS) is 19.9. The van der Waals surface area contributed by atoms with Crippen LogP contribution in [0, 0.1) is 5.92 Å². The van der Waals surface area contributed by atoms with Gasteiger partial charge in [-0.3, -0.25) is 4.79 Å². The van der Waals surface area contributed by atoms with E-state index in [1.165, 1.54) is 0 Å². The van der Waals surface area contributed by atoms with E-state index in [9.17, 15) is 4.79 Å². The van der Waals surface area contributed by atoms with E-state index in [2.05, 4.69) is 9.97 Å². The number of nitrogens with two attached hydrogens (primary N) is 1. The quantitative estimate of drug-likeness (QED) is 0.829. The lowest BCUT2D eigenvalue weighted by Crippen LogP contribution is -2.32. The fourth-order valence-electron chi connectivity index (χ4n) is 2.18. The predicted molar refractivity (Wildman–Crippen MR) is 65.2 cm³/mol. The van der Waals surface area contributed by atoms with Gasteiger partial charge >= 0.3 is 0 Å². The molecule has 5 nitrogen and oxygen atoms in total. The highest BCUT2D eigenvalue weighted by Gasteiger charge is 2.29. The number of hydrogen-bond donors (Lipinski definition) is 1. The second-order valence-electron chi connectivity index (χ2n) is 4.76. The Morgan fingerprint density at radius 1 is 1.59 bits per heavy atom. The lowest BCUT2D eigenvalue weighted by atomic mass is 10.1. The molecule has 0 bridgehead atoms. The zero-order valence-corrected chi connectivity index (χ0v) is 10.3. The SMILES string of the molecule is CC(C)C(=O)N1CCC(c2ccnc(N)n2)C1. The molecule has 2 heterocycles. The largest absolute Gasteiger partial charge is 0.368 e. The lowest BCUT2D eigenvalue weighted by molar-refractivity contribution is -0.133. The van der Waals surface area contributed by atoms with Crippen LogP contribution in [-0.2, 0) is 4.79 Å². The maximum absolute atomic E-state index is 11.9. The van der Waals surface area contributed by atoms with Gasteiger partial charge in [-0.1, -0.05) is 13.8 Å². The molecule has 2 rings (SSSR count). The lowest BCUT2D eigenvalue weighted by Gasteiger charge is -2.18. The summed E-state index contributed by atoms with van der Waals surface area (Å²) < 4.78 is 0. The minimum absolute atomic E-state index is 0.0595. The first-order valence-corrected chi connectivity index (χ1v) is 5.95. The van der Waals surface area contributed by atoms with Crippen molar-refractivity contribution in [3.8, 4) is 0 Å². The van der Waals surface area contributed by atoms with Crippen LogP contribution in [0.3, 0.4) is 0 Å². The van der Waals surface area contributed by atoms with Crippen LogP contribution in [0.1, 0.15) is 31.9 Å². The van der Waals surface area contributed by atoms with E-state index in [1.807, 2.05) is 24.8 Å². The van der Waals surface area contributed by atoms with Gasteiger partial charge < -0.3 is 10.6 Å². The van der Waals surface area contributed by atoms with Crippen LogP contribution in [-0.4, -0.2) is 33.9 Å². The average molecular weight is 234 g/mol. The highest BCUT2D eigenvalue weighted by Crippen LogP contribution is 2.26. The van der Waals surface area contributed by atoms with Gasteiger partial charge in [0.05, 0.1) is 5.69 Å². The molecule has 0 aromatic carbocycles. The summed E-state index contributed by atoms with van der Waals surface area (Å²) in [5, 5.41) is 0. The molecule has 1 atom stereocenters. The number of rotatable bonds is 2. The predicted octanol–water partition coefficient (Wildman–Crippen LogP) is 1.03. The molecule has 92 valence electrons. The maximum Gasteiger partial charge on any atom is 0.225 e. The first kappa shape index (κ1) is 11.8. The number of amides is 1. The molecule has 5 heteroatoms. The van der Waals surface area contributed by atoms with Gasteiger partial charge in [0.15, 0.2) is 0 Å². The van der Waals surface area contributed by atoms with Crippen LogP contribution in [0.15, 0.2) is 12.3 Å². The van der Waals surface area contributed by atoms with E-state index in [0.717, 1.165) is 25.2 Å². The Morgan fingerprint density at radius 2 is 2.35 bits per heavy atom. The van der Waals surface area contributed by atoms with Crippen molar-refractivity contribution in [2.24, 2.45) is 5.92 Å². The van der Waals surface area contributed by atoms with Crippen LogP contribution >= 0.6 is 0 Å². The molecular formula is C12H18N4O. The smallest absolute Gasteiger partial charge is 0.225 e. The molecule has 1 amide bonds. The molecular weight excluding hydrogens is 216 g/mol. The standard InChI is InChI=1S/C12H18N4O/c1-8(2)11(17)16-6-4-9(7-16)10-3-5-14-12(13)15-10/h3,5,8-9H,4,6-7H2,1-2H3,(H2,13,14,15). The summed E-state index contributed by atoms with van der Waals surface area (Å²) in [6, 6.07) is 1.88. The number of likely N-dealkylation sites (tertiary alicyclic amines) is 1. The zero-order chi connectivity index (χ0) is 12.4. The number of anilines is 1. The zero-order valence-electron chi connectivity index (χ0n) is 10.3. The molecule has 17 heavy (non-hydrogen) atoms. The Morgan fingerprint density at radius 3 is 3.00 bits per heavy atom. The molecule has 1 saturated heterocycles. The number of aromatic nitrogens is 2. The average Bonchev–Trinajstić information content (AvgIpc) is 2.77. The van der Waals surface area contributed by atoms with Crippen molar-refractivity contribution in [1.29, 1.82) is 0 Å². The van der Waals surface area contributed by atoms with Crippen LogP contribution in [0.2, 0.25) is 0 Å². The van der Waals surface area contributed by atoms with Gasteiger partial charge in [-0.2, -0.15) is 0 Å². The van der Waals surface area contributed by atoms with Gasteiger partial charge in [0.25, 0.3) is 0 Å². The van der Waals surface area contributed by atoms with E-state index >= 15 is 0 Å². The number of nitrogens with zero attached hydrogens (tertiary/aromatic N) is 3. The first-order valence-electron chi connectivity index (χ1n) is 5.95. The summed E-state index contributed by atoms with van der Waals surface area (Å²) in [6.45, 7) is 5.41.